The summed E-state index contributed by atoms with van der Waals surface area (Å²) >= 11 is 6.23. The number of nitrogens with one attached hydrogen (secondary N) is 2. The minimum absolute atomic E-state index is 0.163. The summed E-state index contributed by atoms with van der Waals surface area (Å²) in [5.41, 5.74) is 4.16. The highest BCUT2D eigenvalue weighted by molar-refractivity contribution is 6.31. The van der Waals surface area contributed by atoms with E-state index in [1.165, 1.54) is 6.33 Å². The largest absolute Gasteiger partial charge is 0.489 e. The first-order valence-corrected chi connectivity index (χ1v) is 11.6. The van der Waals surface area contributed by atoms with Gasteiger partial charge in [-0.25, -0.2) is 4.68 Å². The lowest BCUT2D eigenvalue weighted by molar-refractivity contribution is -0.118. The predicted octanol–water partition coefficient (Wildman–Crippen LogP) is 5.12. The fourth-order valence-electron chi connectivity index (χ4n) is 4.09. The van der Waals surface area contributed by atoms with Gasteiger partial charge in [0.15, 0.2) is 0 Å². The topological polar surface area (TPSA) is 81.1 Å². The number of anilines is 1. The van der Waals surface area contributed by atoms with E-state index in [1.54, 1.807) is 4.68 Å². The van der Waals surface area contributed by atoms with Crippen molar-refractivity contribution < 1.29 is 9.53 Å². The number of carbonyl (C=O) groups is 1. The van der Waals surface area contributed by atoms with Gasteiger partial charge in [-0.3, -0.25) is 4.79 Å². The van der Waals surface area contributed by atoms with Crippen LogP contribution in [0.3, 0.4) is 0 Å². The third-order valence-corrected chi connectivity index (χ3v) is 6.25. The summed E-state index contributed by atoms with van der Waals surface area (Å²) in [5.74, 6) is 1.13. The van der Waals surface area contributed by atoms with E-state index in [1.807, 2.05) is 85.8 Å². The lowest BCUT2D eigenvalue weighted by Gasteiger charge is -2.28. The number of rotatable bonds is 7. The first kappa shape index (κ1) is 22.7. The Kier molecular flexibility index (Phi) is 6.50. The Hall–Kier alpha value is -4.10. The minimum atomic E-state index is -0.429. The molecule has 3 aromatic carbocycles. The number of fused-ring (bicyclic) bond motifs is 1. The van der Waals surface area contributed by atoms with Crippen LogP contribution in [0.15, 0.2) is 96.5 Å². The van der Waals surface area contributed by atoms with E-state index < -0.39 is 6.04 Å². The highest BCUT2D eigenvalue weighted by Gasteiger charge is 2.33. The molecule has 0 saturated heterocycles. The van der Waals surface area contributed by atoms with Crippen molar-refractivity contribution in [1.29, 1.82) is 0 Å². The van der Waals surface area contributed by atoms with Gasteiger partial charge in [0, 0.05) is 22.8 Å². The van der Waals surface area contributed by atoms with Crippen LogP contribution in [0.2, 0.25) is 5.02 Å². The molecule has 2 heterocycles. The summed E-state index contributed by atoms with van der Waals surface area (Å²) in [4.78, 5) is 17.6. The van der Waals surface area contributed by atoms with E-state index >= 15 is 0 Å². The SMILES string of the molecule is CC1=C(C(=O)NCc2ccccc2)[C@@H](c2ccc(OCc3ccccc3Cl)cc2)n2ncnc2N1. The van der Waals surface area contributed by atoms with Crippen molar-refractivity contribution in [3.8, 4) is 5.75 Å². The zero-order valence-electron chi connectivity index (χ0n) is 19.1. The molecule has 1 atom stereocenters. The van der Waals surface area contributed by atoms with Gasteiger partial charge in [-0.2, -0.15) is 10.1 Å². The van der Waals surface area contributed by atoms with E-state index in [-0.39, 0.29) is 5.91 Å². The fourth-order valence-corrected chi connectivity index (χ4v) is 4.28. The smallest absolute Gasteiger partial charge is 0.251 e. The predicted molar refractivity (Wildman–Crippen MR) is 135 cm³/mol. The molecule has 0 unspecified atom stereocenters. The van der Waals surface area contributed by atoms with Crippen molar-refractivity contribution in [3.05, 3.63) is 118 Å². The van der Waals surface area contributed by atoms with Gasteiger partial charge < -0.3 is 15.4 Å². The van der Waals surface area contributed by atoms with E-state index in [4.69, 9.17) is 16.3 Å². The zero-order valence-corrected chi connectivity index (χ0v) is 19.9. The third kappa shape index (κ3) is 4.90. The zero-order chi connectivity index (χ0) is 24.2. The van der Waals surface area contributed by atoms with Crippen LogP contribution in [0, 0.1) is 0 Å². The second-order valence-corrected chi connectivity index (χ2v) is 8.62. The molecule has 0 aliphatic carbocycles. The average molecular weight is 486 g/mol. The van der Waals surface area contributed by atoms with Gasteiger partial charge in [0.25, 0.3) is 5.91 Å². The number of hydrogen-bond donors (Lipinski definition) is 2. The van der Waals surface area contributed by atoms with Crippen LogP contribution < -0.4 is 15.4 Å². The standard InChI is InChI=1S/C27H24ClN5O2/c1-18-24(26(34)29-15-19-7-3-2-4-8-19)25(33-27(32-18)30-17-31-33)20-11-13-22(14-12-20)35-16-21-9-5-6-10-23(21)28/h2-14,17,25H,15-16H2,1H3,(H,29,34)(H,30,31,32)/t25-/m1/s1. The highest BCUT2D eigenvalue weighted by atomic mass is 35.5. The van der Waals surface area contributed by atoms with Gasteiger partial charge in [0.2, 0.25) is 5.95 Å². The van der Waals surface area contributed by atoms with Gasteiger partial charge in [0.05, 0.1) is 5.57 Å². The van der Waals surface area contributed by atoms with Gasteiger partial charge in [-0.15, -0.1) is 0 Å². The molecule has 1 amide bonds. The Morgan fingerprint density at radius 3 is 2.57 bits per heavy atom. The molecule has 5 rings (SSSR count). The number of hydrogen-bond acceptors (Lipinski definition) is 5. The van der Waals surface area contributed by atoms with Gasteiger partial charge >= 0.3 is 0 Å². The molecule has 1 aromatic heterocycles. The van der Waals surface area contributed by atoms with E-state index in [0.717, 1.165) is 22.4 Å². The molecule has 1 aliphatic heterocycles. The van der Waals surface area contributed by atoms with Crippen molar-refractivity contribution in [1.82, 2.24) is 20.1 Å². The maximum Gasteiger partial charge on any atom is 0.251 e. The monoisotopic (exact) mass is 485 g/mol. The molecular formula is C27H24ClN5O2. The molecule has 7 nitrogen and oxygen atoms in total. The van der Waals surface area contributed by atoms with Crippen LogP contribution in [0.25, 0.3) is 0 Å². The number of benzene rings is 3. The van der Waals surface area contributed by atoms with Crippen molar-refractivity contribution in [3.63, 3.8) is 0 Å². The summed E-state index contributed by atoms with van der Waals surface area (Å²) in [6.45, 7) is 2.68. The quantitative estimate of drug-likeness (QED) is 0.380. The molecule has 35 heavy (non-hydrogen) atoms. The number of carbonyl (C=O) groups excluding carboxylic acids is 1. The van der Waals surface area contributed by atoms with Crippen molar-refractivity contribution >= 4 is 23.5 Å². The Morgan fingerprint density at radius 2 is 1.80 bits per heavy atom. The second kappa shape index (κ2) is 10.0. The van der Waals surface area contributed by atoms with Crippen LogP contribution in [0.5, 0.6) is 5.75 Å². The molecule has 2 N–H and O–H groups in total. The van der Waals surface area contributed by atoms with E-state index in [2.05, 4.69) is 20.7 Å². The molecular weight excluding hydrogens is 462 g/mol. The van der Waals surface area contributed by atoms with Gasteiger partial charge in [-0.1, -0.05) is 72.3 Å². The minimum Gasteiger partial charge on any atom is -0.489 e. The summed E-state index contributed by atoms with van der Waals surface area (Å²) in [6.07, 6.45) is 1.48. The summed E-state index contributed by atoms with van der Waals surface area (Å²) < 4.78 is 7.66. The lowest BCUT2D eigenvalue weighted by atomic mass is 9.95. The molecule has 0 saturated carbocycles. The molecule has 0 fully saturated rings. The van der Waals surface area contributed by atoms with Crippen molar-refractivity contribution in [2.24, 2.45) is 0 Å². The Labute approximate surface area is 208 Å². The maximum absolute atomic E-state index is 13.3. The number of nitrogens with zero attached hydrogens (tertiary/aromatic N) is 3. The summed E-state index contributed by atoms with van der Waals surface area (Å²) in [7, 11) is 0. The van der Waals surface area contributed by atoms with Crippen molar-refractivity contribution in [2.45, 2.75) is 26.1 Å². The fraction of sp³-hybridized carbons (Fsp3) is 0.148. The van der Waals surface area contributed by atoms with Crippen LogP contribution in [0.1, 0.15) is 29.7 Å². The van der Waals surface area contributed by atoms with Crippen LogP contribution in [-0.2, 0) is 17.9 Å². The van der Waals surface area contributed by atoms with Crippen LogP contribution >= 0.6 is 11.6 Å². The lowest BCUT2D eigenvalue weighted by Crippen LogP contribution is -2.34. The Morgan fingerprint density at radius 1 is 1.06 bits per heavy atom. The van der Waals surface area contributed by atoms with Crippen LogP contribution in [-0.4, -0.2) is 20.7 Å². The second-order valence-electron chi connectivity index (χ2n) is 8.21. The molecule has 0 bridgehead atoms. The van der Waals surface area contributed by atoms with Gasteiger partial charge in [0.1, 0.15) is 24.7 Å². The Balaban J connectivity index is 1.38. The first-order valence-electron chi connectivity index (χ1n) is 11.3. The van der Waals surface area contributed by atoms with Crippen molar-refractivity contribution in [2.75, 3.05) is 5.32 Å². The number of halogens is 1. The van der Waals surface area contributed by atoms with E-state index in [9.17, 15) is 4.79 Å². The number of amides is 1. The number of aromatic nitrogens is 3. The maximum atomic E-state index is 13.3. The number of allylic oxidation sites excluding steroid dienone is 1. The van der Waals surface area contributed by atoms with Gasteiger partial charge in [-0.05, 0) is 36.2 Å². The summed E-state index contributed by atoms with van der Waals surface area (Å²) in [6, 6.07) is 24.7. The average Bonchev–Trinajstić information content (AvgIpc) is 3.35. The Bertz CT molecular complexity index is 1370. The molecule has 0 radical (unpaired) electrons. The van der Waals surface area contributed by atoms with E-state index in [0.29, 0.717) is 35.4 Å². The highest BCUT2D eigenvalue weighted by Crippen LogP contribution is 2.35. The molecule has 1 aliphatic rings. The molecule has 0 spiro atoms. The van der Waals surface area contributed by atoms with Crippen LogP contribution in [0.4, 0.5) is 5.95 Å². The third-order valence-electron chi connectivity index (χ3n) is 5.88. The molecule has 4 aromatic rings. The normalized spacial score (nSPS) is 14.7. The summed E-state index contributed by atoms with van der Waals surface area (Å²) in [5, 5.41) is 11.3. The number of ether oxygens (including phenoxy) is 1. The molecule has 176 valence electrons. The first-order chi connectivity index (χ1) is 17.1. The molecule has 8 heteroatoms.